The molecule has 1 aromatic heterocycles. The third-order valence-electron chi connectivity index (χ3n) is 2.94. The van der Waals surface area contributed by atoms with E-state index in [4.69, 9.17) is 4.42 Å². The van der Waals surface area contributed by atoms with E-state index in [1.54, 1.807) is 18.2 Å². The molecule has 5 nitrogen and oxygen atoms in total. The fourth-order valence-corrected chi connectivity index (χ4v) is 2.96. The Balaban J connectivity index is 1.93. The molecule has 0 radical (unpaired) electrons. The monoisotopic (exact) mass is 382 g/mol. The summed E-state index contributed by atoms with van der Waals surface area (Å²) in [5, 5.41) is 26.6. The van der Waals surface area contributed by atoms with Crippen LogP contribution in [0.4, 0.5) is 0 Å². The molecule has 0 saturated heterocycles. The molecule has 3 rings (SSSR count). The van der Waals surface area contributed by atoms with Crippen LogP contribution in [-0.2, 0) is 0 Å². The van der Waals surface area contributed by atoms with Crippen LogP contribution in [0.5, 0.6) is 0 Å². The van der Waals surface area contributed by atoms with Gasteiger partial charge in [0.15, 0.2) is 0 Å². The lowest BCUT2D eigenvalue weighted by Gasteiger charge is -2.02. The summed E-state index contributed by atoms with van der Waals surface area (Å²) in [5.41, 5.74) is 1.59. The molecule has 0 N–H and O–H groups in total. The van der Waals surface area contributed by atoms with Gasteiger partial charge in [-0.3, -0.25) is 0 Å². The van der Waals surface area contributed by atoms with Crippen LogP contribution in [0.25, 0.3) is 11.5 Å². The van der Waals surface area contributed by atoms with Crippen molar-refractivity contribution in [1.29, 1.82) is 10.5 Å². The molecule has 110 valence electrons. The zero-order chi connectivity index (χ0) is 16.2. The summed E-state index contributed by atoms with van der Waals surface area (Å²) in [4.78, 5) is 0.517. The minimum absolute atomic E-state index is 0.280. The lowest BCUT2D eigenvalue weighted by molar-refractivity contribution is 0.466. The molecule has 3 aromatic rings. The van der Waals surface area contributed by atoms with Crippen molar-refractivity contribution >= 4 is 27.7 Å². The highest BCUT2D eigenvalue weighted by molar-refractivity contribution is 9.10. The third-order valence-corrected chi connectivity index (χ3v) is 4.46. The van der Waals surface area contributed by atoms with Gasteiger partial charge in [0, 0.05) is 10.0 Å². The Kier molecular flexibility index (Phi) is 4.42. The smallest absolute Gasteiger partial charge is 0.281 e. The summed E-state index contributed by atoms with van der Waals surface area (Å²) >= 11 is 4.48. The van der Waals surface area contributed by atoms with Crippen molar-refractivity contribution in [2.75, 3.05) is 0 Å². The van der Waals surface area contributed by atoms with Crippen LogP contribution in [-0.4, -0.2) is 10.2 Å². The highest BCUT2D eigenvalue weighted by Gasteiger charge is 2.15. The summed E-state index contributed by atoms with van der Waals surface area (Å²) in [6, 6.07) is 16.6. The van der Waals surface area contributed by atoms with Crippen molar-refractivity contribution in [3.63, 3.8) is 0 Å². The van der Waals surface area contributed by atoms with E-state index >= 15 is 0 Å². The van der Waals surface area contributed by atoms with E-state index in [1.165, 1.54) is 0 Å². The molecule has 1 heterocycles. The standard InChI is InChI=1S/C16H7BrN4OS/c17-13-6-4-10(5-7-13)15-20-21-16(22-15)23-14-11(8-18)2-1-3-12(14)9-19/h1-7H. The maximum absolute atomic E-state index is 9.18. The van der Waals surface area contributed by atoms with Crippen molar-refractivity contribution in [2.45, 2.75) is 10.1 Å². The molecular formula is C16H7BrN4OS. The van der Waals surface area contributed by atoms with E-state index in [9.17, 15) is 10.5 Å². The molecule has 0 aliphatic rings. The van der Waals surface area contributed by atoms with Gasteiger partial charge < -0.3 is 4.42 Å². The molecule has 0 bridgehead atoms. The van der Waals surface area contributed by atoms with Gasteiger partial charge in [-0.15, -0.1) is 10.2 Å². The minimum Gasteiger partial charge on any atom is -0.411 e. The zero-order valence-electron chi connectivity index (χ0n) is 11.5. The van der Waals surface area contributed by atoms with E-state index in [0.717, 1.165) is 21.8 Å². The number of nitrogens with zero attached hydrogens (tertiary/aromatic N) is 4. The molecule has 0 aliphatic heterocycles. The lowest BCUT2D eigenvalue weighted by atomic mass is 10.1. The van der Waals surface area contributed by atoms with E-state index in [0.29, 0.717) is 21.9 Å². The third kappa shape index (κ3) is 3.26. The van der Waals surface area contributed by atoms with Gasteiger partial charge in [-0.1, -0.05) is 22.0 Å². The van der Waals surface area contributed by atoms with Crippen molar-refractivity contribution in [3.05, 3.63) is 58.1 Å². The van der Waals surface area contributed by atoms with Gasteiger partial charge in [-0.25, -0.2) is 0 Å². The Hall–Kier alpha value is -2.61. The number of benzene rings is 2. The van der Waals surface area contributed by atoms with Crippen molar-refractivity contribution in [1.82, 2.24) is 10.2 Å². The average Bonchev–Trinajstić information content (AvgIpc) is 3.04. The van der Waals surface area contributed by atoms with Crippen LogP contribution in [0, 0.1) is 22.7 Å². The molecule has 0 atom stereocenters. The second kappa shape index (κ2) is 6.66. The fraction of sp³-hybridized carbons (Fsp3) is 0. The molecule has 2 aromatic carbocycles. The molecule has 0 amide bonds. The van der Waals surface area contributed by atoms with Crippen LogP contribution in [0.15, 0.2) is 61.5 Å². The predicted octanol–water partition coefficient (Wildman–Crippen LogP) is 4.39. The minimum atomic E-state index is 0.280. The van der Waals surface area contributed by atoms with Crippen LogP contribution in [0.1, 0.15) is 11.1 Å². The Morgan fingerprint density at radius 2 is 1.61 bits per heavy atom. The van der Waals surface area contributed by atoms with Crippen LogP contribution < -0.4 is 0 Å². The van der Waals surface area contributed by atoms with E-state index in [1.807, 2.05) is 24.3 Å². The van der Waals surface area contributed by atoms with Gasteiger partial charge in [0.25, 0.3) is 5.22 Å². The second-order valence-corrected chi connectivity index (χ2v) is 6.27. The zero-order valence-corrected chi connectivity index (χ0v) is 13.9. The van der Waals surface area contributed by atoms with Crippen molar-refractivity contribution < 1.29 is 4.42 Å². The molecule has 0 aliphatic carbocycles. The van der Waals surface area contributed by atoms with Crippen molar-refractivity contribution in [2.24, 2.45) is 0 Å². The summed E-state index contributed by atoms with van der Waals surface area (Å²) in [6.45, 7) is 0. The van der Waals surface area contributed by atoms with E-state index in [-0.39, 0.29) is 5.22 Å². The number of nitriles is 2. The summed E-state index contributed by atoms with van der Waals surface area (Å²) in [7, 11) is 0. The van der Waals surface area contributed by atoms with Crippen LogP contribution >= 0.6 is 27.7 Å². The normalized spacial score (nSPS) is 10.0. The Bertz CT molecular complexity index is 906. The maximum atomic E-state index is 9.18. The van der Waals surface area contributed by atoms with Gasteiger partial charge in [0.2, 0.25) is 5.89 Å². The Morgan fingerprint density at radius 3 is 2.22 bits per heavy atom. The van der Waals surface area contributed by atoms with Gasteiger partial charge in [0.05, 0.1) is 16.0 Å². The molecule has 0 unspecified atom stereocenters. The summed E-state index contributed by atoms with van der Waals surface area (Å²) in [5.74, 6) is 0.382. The quantitative estimate of drug-likeness (QED) is 0.667. The molecule has 23 heavy (non-hydrogen) atoms. The number of aromatic nitrogens is 2. The second-order valence-electron chi connectivity index (χ2n) is 4.39. The number of hydrogen-bond donors (Lipinski definition) is 0. The van der Waals surface area contributed by atoms with Crippen LogP contribution in [0.3, 0.4) is 0 Å². The van der Waals surface area contributed by atoms with Gasteiger partial charge in [0.1, 0.15) is 12.1 Å². The Morgan fingerprint density at radius 1 is 0.957 bits per heavy atom. The maximum Gasteiger partial charge on any atom is 0.281 e. The average molecular weight is 383 g/mol. The highest BCUT2D eigenvalue weighted by Crippen LogP contribution is 2.33. The first-order valence-corrected chi connectivity index (χ1v) is 8.02. The Labute approximate surface area is 144 Å². The topological polar surface area (TPSA) is 86.5 Å². The van der Waals surface area contributed by atoms with Gasteiger partial charge >= 0.3 is 0 Å². The molecule has 7 heteroatoms. The summed E-state index contributed by atoms with van der Waals surface area (Å²) < 4.78 is 6.57. The molecule has 0 fully saturated rings. The van der Waals surface area contributed by atoms with Crippen molar-refractivity contribution in [3.8, 4) is 23.6 Å². The molecule has 0 saturated carbocycles. The first-order chi connectivity index (χ1) is 11.2. The number of hydrogen-bond acceptors (Lipinski definition) is 6. The first-order valence-electron chi connectivity index (χ1n) is 6.42. The predicted molar refractivity (Wildman–Crippen MR) is 87.4 cm³/mol. The first kappa shape index (κ1) is 15.3. The van der Waals surface area contributed by atoms with Gasteiger partial charge in [-0.2, -0.15) is 10.5 Å². The van der Waals surface area contributed by atoms with E-state index < -0.39 is 0 Å². The lowest BCUT2D eigenvalue weighted by Crippen LogP contribution is -1.87. The largest absolute Gasteiger partial charge is 0.411 e. The fourth-order valence-electron chi connectivity index (χ4n) is 1.87. The summed E-state index contributed by atoms with van der Waals surface area (Å²) in [6.07, 6.45) is 0. The van der Waals surface area contributed by atoms with Gasteiger partial charge in [-0.05, 0) is 48.2 Å². The number of halogens is 1. The van der Waals surface area contributed by atoms with Crippen LogP contribution in [0.2, 0.25) is 0 Å². The molecular weight excluding hydrogens is 376 g/mol. The SMILES string of the molecule is N#Cc1cccc(C#N)c1Sc1nnc(-c2ccc(Br)cc2)o1. The number of rotatable bonds is 3. The van der Waals surface area contributed by atoms with E-state index in [2.05, 4.69) is 38.3 Å². The molecule has 0 spiro atoms. The highest BCUT2D eigenvalue weighted by atomic mass is 79.9.